The van der Waals surface area contributed by atoms with E-state index >= 15 is 0 Å². The molecule has 0 aliphatic heterocycles. The Kier molecular flexibility index (Phi) is 8.20. The summed E-state index contributed by atoms with van der Waals surface area (Å²) in [5.41, 5.74) is -6.22. The molecule has 0 fully saturated rings. The van der Waals surface area contributed by atoms with Gasteiger partial charge in [0.15, 0.2) is 0 Å². The molecule has 1 atom stereocenters. The minimum absolute atomic E-state index is 0.447. The second-order valence-electron chi connectivity index (χ2n) is 6.70. The third-order valence-corrected chi connectivity index (χ3v) is 12.4. The molecule has 0 amide bonds. The predicted molar refractivity (Wildman–Crippen MR) is 79.8 cm³/mol. The van der Waals surface area contributed by atoms with Gasteiger partial charge in [0.05, 0.1) is 0 Å². The summed E-state index contributed by atoms with van der Waals surface area (Å²) in [4.78, 5) is 0. The average Bonchev–Trinajstić information content (AvgIpc) is 2.33. The van der Waals surface area contributed by atoms with Crippen LogP contribution in [-0.4, -0.2) is 55.5 Å². The van der Waals surface area contributed by atoms with Gasteiger partial charge in [0.2, 0.25) is 0 Å². The third-order valence-electron chi connectivity index (χ3n) is 3.40. The molecule has 0 aromatic rings. The van der Waals surface area contributed by atoms with E-state index in [-0.39, 0.29) is 0 Å². The Morgan fingerprint density at radius 2 is 1.15 bits per heavy atom. The van der Waals surface area contributed by atoms with Crippen molar-refractivity contribution in [2.75, 3.05) is 0 Å². The van der Waals surface area contributed by atoms with E-state index in [1.165, 1.54) is 0 Å². The van der Waals surface area contributed by atoms with Crippen molar-refractivity contribution in [2.24, 2.45) is 0 Å². The normalized spacial score (nSPS) is 16.4. The van der Waals surface area contributed by atoms with Gasteiger partial charge >= 0.3 is 156 Å². The van der Waals surface area contributed by atoms with Crippen molar-refractivity contribution in [3.63, 3.8) is 0 Å². The van der Waals surface area contributed by atoms with E-state index in [0.29, 0.717) is 34.6 Å². The van der Waals surface area contributed by atoms with Gasteiger partial charge in [0, 0.05) is 0 Å². The predicted octanol–water partition coefficient (Wildman–Crippen LogP) is 5.79. The van der Waals surface area contributed by atoms with Crippen LogP contribution in [0.4, 0.5) is 39.5 Å². The van der Waals surface area contributed by atoms with Gasteiger partial charge in [0.1, 0.15) is 0 Å². The van der Waals surface area contributed by atoms with Gasteiger partial charge < -0.3 is 0 Å². The summed E-state index contributed by atoms with van der Waals surface area (Å²) in [6.07, 6.45) is -17.2. The van der Waals surface area contributed by atoms with Crippen LogP contribution in [0.15, 0.2) is 12.7 Å². The quantitative estimate of drug-likeness (QED) is 0.227. The molecular formula is C14H21F9O3Sn. The monoisotopic (exact) mass is 528 g/mol. The van der Waals surface area contributed by atoms with Crippen LogP contribution in [0.1, 0.15) is 34.6 Å². The first-order valence-electron chi connectivity index (χ1n) is 7.49. The van der Waals surface area contributed by atoms with Crippen LogP contribution in [0.2, 0.25) is 4.44 Å². The van der Waals surface area contributed by atoms with E-state index in [0.717, 1.165) is 6.08 Å². The summed E-state index contributed by atoms with van der Waals surface area (Å²) in [5.74, 6) is 0. The van der Waals surface area contributed by atoms with Gasteiger partial charge in [0.25, 0.3) is 0 Å². The van der Waals surface area contributed by atoms with Crippen molar-refractivity contribution in [2.45, 2.75) is 74.9 Å². The molecule has 13 heteroatoms. The standard InChI is InChI=1S/2C4H6F3O.C3H4F3O.C3H5.Sn/c2*1-3(2,8)4(5,6)7;1-2(7)3(4,5)6;1-3-2;/h2*1-2H3;2H,1H3;3H,1-2H2;/q3*-1;;+3. The SMILES string of the molecule is C=C[CH2][Sn]([O]C(C)C(F)(F)F)([O]C(C)(C)C(F)(F)F)[O]C(C)(C)C(F)(F)F. The Morgan fingerprint density at radius 1 is 0.815 bits per heavy atom. The minimum atomic E-state index is -6.19. The first-order chi connectivity index (χ1) is 11.6. The molecule has 162 valence electrons. The first-order valence-corrected chi connectivity index (χ1v) is 13.0. The molecular weight excluding hydrogens is 506 g/mol. The van der Waals surface area contributed by atoms with Crippen LogP contribution >= 0.6 is 0 Å². The van der Waals surface area contributed by atoms with Crippen LogP contribution in [0.5, 0.6) is 0 Å². The van der Waals surface area contributed by atoms with Crippen molar-refractivity contribution in [3.8, 4) is 0 Å². The molecule has 0 saturated carbocycles. The molecule has 0 radical (unpaired) electrons. The van der Waals surface area contributed by atoms with Gasteiger partial charge in [-0.25, -0.2) is 0 Å². The molecule has 0 aromatic carbocycles. The van der Waals surface area contributed by atoms with Crippen LogP contribution in [0.3, 0.4) is 0 Å². The van der Waals surface area contributed by atoms with Gasteiger partial charge in [-0.3, -0.25) is 0 Å². The molecule has 0 aromatic heterocycles. The van der Waals surface area contributed by atoms with E-state index < -0.39 is 59.9 Å². The number of rotatable bonds is 8. The zero-order valence-corrected chi connectivity index (χ0v) is 18.0. The van der Waals surface area contributed by atoms with E-state index in [1.807, 2.05) is 0 Å². The molecule has 0 rings (SSSR count). The van der Waals surface area contributed by atoms with E-state index in [2.05, 4.69) is 9.65 Å². The van der Waals surface area contributed by atoms with E-state index in [1.54, 1.807) is 0 Å². The number of hydrogen-bond donors (Lipinski definition) is 0. The fourth-order valence-electron chi connectivity index (χ4n) is 1.61. The second kappa shape index (κ2) is 8.26. The average molecular weight is 527 g/mol. The van der Waals surface area contributed by atoms with Crippen LogP contribution < -0.4 is 0 Å². The Balaban J connectivity index is 6.25. The third kappa shape index (κ3) is 7.28. The van der Waals surface area contributed by atoms with Crippen LogP contribution in [0, 0.1) is 0 Å². The maximum absolute atomic E-state index is 13.2. The first kappa shape index (κ1) is 26.8. The van der Waals surface area contributed by atoms with E-state index in [4.69, 9.17) is 6.15 Å². The number of alkyl halides is 9. The molecule has 0 aliphatic carbocycles. The fraction of sp³-hybridized carbons (Fsp3) is 0.857. The van der Waals surface area contributed by atoms with E-state index in [9.17, 15) is 39.5 Å². The Bertz CT molecular complexity index is 481. The van der Waals surface area contributed by atoms with Crippen LogP contribution in [-0.2, 0) is 9.22 Å². The maximum atomic E-state index is 13.2. The van der Waals surface area contributed by atoms with Gasteiger partial charge in [-0.15, -0.1) is 0 Å². The molecule has 0 spiro atoms. The summed E-state index contributed by atoms with van der Waals surface area (Å²) in [7, 11) is 0. The molecule has 1 unspecified atom stereocenters. The molecule has 3 nitrogen and oxygen atoms in total. The fourth-order valence-corrected chi connectivity index (χ4v) is 10.8. The number of halogens is 9. The molecule has 0 heterocycles. The summed E-state index contributed by atoms with van der Waals surface area (Å²) in [5, 5.41) is 0. The van der Waals surface area contributed by atoms with Crippen molar-refractivity contribution in [1.29, 1.82) is 0 Å². The molecule has 27 heavy (non-hydrogen) atoms. The van der Waals surface area contributed by atoms with Crippen molar-refractivity contribution in [1.82, 2.24) is 0 Å². The Hall–Kier alpha value is -0.211. The Labute approximate surface area is 156 Å². The number of hydrogen-bond acceptors (Lipinski definition) is 3. The van der Waals surface area contributed by atoms with Gasteiger partial charge in [-0.2, -0.15) is 0 Å². The number of allylic oxidation sites excluding steroid dienone is 1. The van der Waals surface area contributed by atoms with Gasteiger partial charge in [-0.05, 0) is 0 Å². The molecule has 0 N–H and O–H groups in total. The van der Waals surface area contributed by atoms with Crippen molar-refractivity contribution >= 4 is 19.6 Å². The molecule has 0 aliphatic rings. The zero-order valence-electron chi connectivity index (χ0n) is 15.2. The summed E-state index contributed by atoms with van der Waals surface area (Å²) < 4.78 is 131. The summed E-state index contributed by atoms with van der Waals surface area (Å²) >= 11 is -6.19. The van der Waals surface area contributed by atoms with Gasteiger partial charge in [-0.1, -0.05) is 0 Å². The summed E-state index contributed by atoms with van der Waals surface area (Å²) in [6.45, 7) is 5.48. The zero-order chi connectivity index (χ0) is 22.1. The molecule has 0 saturated heterocycles. The van der Waals surface area contributed by atoms with Crippen molar-refractivity contribution < 1.29 is 48.7 Å². The topological polar surface area (TPSA) is 27.7 Å². The second-order valence-corrected chi connectivity index (χ2v) is 13.6. The van der Waals surface area contributed by atoms with Crippen LogP contribution in [0.25, 0.3) is 0 Å². The molecule has 0 bridgehead atoms. The summed E-state index contributed by atoms with van der Waals surface area (Å²) in [6, 6.07) is 0. The Morgan fingerprint density at radius 3 is 1.37 bits per heavy atom. The van der Waals surface area contributed by atoms with Crippen molar-refractivity contribution in [3.05, 3.63) is 12.7 Å².